The fraction of sp³-hybridized carbons (Fsp3) is 0.706. The molecule has 0 amide bonds. The number of nitrogens with zero attached hydrogens (tertiary/aromatic N) is 1. The molecule has 136 valence electrons. The second-order valence-electron chi connectivity index (χ2n) is 6.26. The lowest BCUT2D eigenvalue weighted by atomic mass is 9.90. The van der Waals surface area contributed by atoms with Crippen molar-refractivity contribution in [1.82, 2.24) is 10.6 Å². The molecule has 0 aromatic carbocycles. The number of hydrogen-bond acceptors (Lipinski definition) is 4. The number of rotatable bonds is 5. The average Bonchev–Trinajstić information content (AvgIpc) is 3.20. The van der Waals surface area contributed by atoms with Gasteiger partial charge in [0.25, 0.3) is 0 Å². The zero-order valence-corrected chi connectivity index (χ0v) is 16.6. The molecule has 6 nitrogen and oxygen atoms in total. The Bertz CT molecular complexity index is 501. The van der Waals surface area contributed by atoms with E-state index in [1.54, 1.807) is 6.26 Å². The van der Waals surface area contributed by atoms with Crippen LogP contribution < -0.4 is 10.6 Å². The second-order valence-corrected chi connectivity index (χ2v) is 6.26. The zero-order chi connectivity index (χ0) is 16.0. The van der Waals surface area contributed by atoms with E-state index in [4.69, 9.17) is 13.9 Å². The Morgan fingerprint density at radius 2 is 2.33 bits per heavy atom. The summed E-state index contributed by atoms with van der Waals surface area (Å²) < 4.78 is 16.9. The summed E-state index contributed by atoms with van der Waals surface area (Å²) in [6.07, 6.45) is 5.50. The average molecular weight is 449 g/mol. The third kappa shape index (κ3) is 5.35. The Hall–Kier alpha value is -0.800. The van der Waals surface area contributed by atoms with Crippen LogP contribution in [0.1, 0.15) is 31.9 Å². The normalized spacial score (nSPS) is 27.0. The van der Waals surface area contributed by atoms with Crippen LogP contribution >= 0.6 is 24.0 Å². The summed E-state index contributed by atoms with van der Waals surface area (Å²) in [5, 5.41) is 6.89. The number of guanidine groups is 1. The van der Waals surface area contributed by atoms with E-state index in [1.807, 2.05) is 12.1 Å². The van der Waals surface area contributed by atoms with Crippen LogP contribution in [-0.2, 0) is 15.9 Å². The quantitative estimate of drug-likeness (QED) is 0.411. The highest BCUT2D eigenvalue weighted by Gasteiger charge is 2.41. The zero-order valence-electron chi connectivity index (χ0n) is 14.3. The van der Waals surface area contributed by atoms with Gasteiger partial charge in [0, 0.05) is 45.2 Å². The van der Waals surface area contributed by atoms with Crippen LogP contribution in [0.15, 0.2) is 27.8 Å². The van der Waals surface area contributed by atoms with Gasteiger partial charge in [0.15, 0.2) is 5.96 Å². The Balaban J connectivity index is 0.00000208. The molecule has 2 aliphatic heterocycles. The van der Waals surface area contributed by atoms with Crippen molar-refractivity contribution in [2.45, 2.75) is 44.2 Å². The first-order valence-electron chi connectivity index (χ1n) is 8.59. The van der Waals surface area contributed by atoms with Crippen LogP contribution in [0.3, 0.4) is 0 Å². The van der Waals surface area contributed by atoms with Gasteiger partial charge in [-0.15, -0.1) is 24.0 Å². The lowest BCUT2D eigenvalue weighted by molar-refractivity contribution is -0.0873. The predicted octanol–water partition coefficient (Wildman–Crippen LogP) is 2.33. The van der Waals surface area contributed by atoms with E-state index in [-0.39, 0.29) is 29.6 Å². The van der Waals surface area contributed by atoms with Crippen molar-refractivity contribution < 1.29 is 13.9 Å². The molecule has 1 spiro atoms. The molecule has 2 atom stereocenters. The summed E-state index contributed by atoms with van der Waals surface area (Å²) in [5.41, 5.74) is -0.0819. The largest absolute Gasteiger partial charge is 0.469 e. The molecule has 7 heteroatoms. The van der Waals surface area contributed by atoms with Gasteiger partial charge < -0.3 is 24.5 Å². The Morgan fingerprint density at radius 1 is 1.42 bits per heavy atom. The van der Waals surface area contributed by atoms with Gasteiger partial charge in [-0.25, -0.2) is 0 Å². The first-order valence-corrected chi connectivity index (χ1v) is 8.59. The molecular formula is C17H28IN3O3. The standard InChI is InChI=1S/C17H27N3O3.HI/c1-2-18-16(19-8-5-15-4-3-9-22-15)20-14-6-10-23-17(12-14)7-11-21-13-17;/h3-4,9,14H,2,5-8,10-13H2,1H3,(H2,18,19,20);1H. The van der Waals surface area contributed by atoms with Crippen LogP contribution in [0.5, 0.6) is 0 Å². The van der Waals surface area contributed by atoms with E-state index >= 15 is 0 Å². The molecule has 2 unspecified atom stereocenters. The predicted molar refractivity (Wildman–Crippen MR) is 104 cm³/mol. The monoisotopic (exact) mass is 449 g/mol. The summed E-state index contributed by atoms with van der Waals surface area (Å²) in [5.74, 6) is 1.85. The Labute approximate surface area is 160 Å². The maximum Gasteiger partial charge on any atom is 0.191 e. The molecule has 2 saturated heterocycles. The van der Waals surface area contributed by atoms with Gasteiger partial charge in [-0.2, -0.15) is 0 Å². The molecule has 1 aromatic heterocycles. The van der Waals surface area contributed by atoms with Gasteiger partial charge in [0.2, 0.25) is 0 Å². The Kier molecular flexibility index (Phi) is 7.83. The molecule has 2 N–H and O–H groups in total. The number of aliphatic imine (C=N–C) groups is 1. The van der Waals surface area contributed by atoms with E-state index in [2.05, 4.69) is 22.5 Å². The fourth-order valence-electron chi connectivity index (χ4n) is 3.26. The summed E-state index contributed by atoms with van der Waals surface area (Å²) >= 11 is 0. The third-order valence-corrected chi connectivity index (χ3v) is 4.45. The van der Waals surface area contributed by atoms with Crippen molar-refractivity contribution in [2.75, 3.05) is 32.9 Å². The van der Waals surface area contributed by atoms with Crippen molar-refractivity contribution in [3.05, 3.63) is 24.2 Å². The summed E-state index contributed by atoms with van der Waals surface area (Å²) in [6, 6.07) is 4.28. The number of furan rings is 1. The van der Waals surface area contributed by atoms with Crippen LogP contribution in [0.2, 0.25) is 0 Å². The number of ether oxygens (including phenoxy) is 2. The molecule has 0 aliphatic carbocycles. The second kappa shape index (κ2) is 9.62. The van der Waals surface area contributed by atoms with Gasteiger partial charge in [-0.05, 0) is 31.9 Å². The minimum atomic E-state index is -0.0819. The maximum absolute atomic E-state index is 5.99. The molecule has 0 bridgehead atoms. The van der Waals surface area contributed by atoms with Crippen molar-refractivity contribution in [1.29, 1.82) is 0 Å². The summed E-state index contributed by atoms with van der Waals surface area (Å²) in [4.78, 5) is 4.66. The summed E-state index contributed by atoms with van der Waals surface area (Å²) in [7, 11) is 0. The first-order chi connectivity index (χ1) is 11.3. The van der Waals surface area contributed by atoms with Gasteiger partial charge in [-0.1, -0.05) is 0 Å². The topological polar surface area (TPSA) is 68.0 Å². The maximum atomic E-state index is 5.99. The summed E-state index contributed by atoms with van der Waals surface area (Å²) in [6.45, 7) is 5.96. The highest BCUT2D eigenvalue weighted by atomic mass is 127. The van der Waals surface area contributed by atoms with Gasteiger partial charge >= 0.3 is 0 Å². The van der Waals surface area contributed by atoms with Gasteiger partial charge in [-0.3, -0.25) is 4.99 Å². The number of hydrogen-bond donors (Lipinski definition) is 2. The molecule has 0 saturated carbocycles. The molecule has 2 fully saturated rings. The fourth-order valence-corrected chi connectivity index (χ4v) is 3.26. The van der Waals surface area contributed by atoms with E-state index in [1.165, 1.54) is 0 Å². The highest BCUT2D eigenvalue weighted by molar-refractivity contribution is 14.0. The van der Waals surface area contributed by atoms with E-state index in [0.717, 1.165) is 63.8 Å². The van der Waals surface area contributed by atoms with Crippen molar-refractivity contribution >= 4 is 29.9 Å². The van der Waals surface area contributed by atoms with Crippen molar-refractivity contribution in [3.63, 3.8) is 0 Å². The van der Waals surface area contributed by atoms with Crippen LogP contribution in [0.25, 0.3) is 0 Å². The van der Waals surface area contributed by atoms with E-state index < -0.39 is 0 Å². The molecule has 24 heavy (non-hydrogen) atoms. The first kappa shape index (κ1) is 19.5. The molecule has 2 aliphatic rings. The third-order valence-electron chi connectivity index (χ3n) is 4.45. The van der Waals surface area contributed by atoms with Crippen LogP contribution in [-0.4, -0.2) is 50.5 Å². The van der Waals surface area contributed by atoms with Crippen LogP contribution in [0.4, 0.5) is 0 Å². The number of halogens is 1. The molecule has 3 rings (SSSR count). The van der Waals surface area contributed by atoms with Crippen molar-refractivity contribution in [3.8, 4) is 0 Å². The van der Waals surface area contributed by atoms with E-state index in [9.17, 15) is 0 Å². The molecule has 3 heterocycles. The van der Waals surface area contributed by atoms with E-state index in [0.29, 0.717) is 12.6 Å². The minimum absolute atomic E-state index is 0. The Morgan fingerprint density at radius 3 is 3.04 bits per heavy atom. The van der Waals surface area contributed by atoms with Crippen molar-refractivity contribution in [2.24, 2.45) is 4.99 Å². The molecule has 0 radical (unpaired) electrons. The minimum Gasteiger partial charge on any atom is -0.469 e. The lowest BCUT2D eigenvalue weighted by Gasteiger charge is -2.37. The molecular weight excluding hydrogens is 421 g/mol. The highest BCUT2D eigenvalue weighted by Crippen LogP contribution is 2.32. The van der Waals surface area contributed by atoms with Gasteiger partial charge in [0.05, 0.1) is 18.5 Å². The molecule has 1 aromatic rings. The SMILES string of the molecule is CCNC(=NCCc1ccco1)NC1CCOC2(CCOC2)C1.I. The van der Waals surface area contributed by atoms with Gasteiger partial charge in [0.1, 0.15) is 5.76 Å². The lowest BCUT2D eigenvalue weighted by Crippen LogP contribution is -2.51. The van der Waals surface area contributed by atoms with Crippen LogP contribution in [0, 0.1) is 0 Å². The number of nitrogens with one attached hydrogen (secondary N) is 2. The smallest absolute Gasteiger partial charge is 0.191 e.